The second-order valence-electron chi connectivity index (χ2n) is 12.0. The molecule has 0 spiro atoms. The molecule has 0 saturated carbocycles. The first kappa shape index (κ1) is 32.0. The van der Waals surface area contributed by atoms with Gasteiger partial charge in [-0.05, 0) is 89.8 Å². The van der Waals surface area contributed by atoms with E-state index in [1.165, 1.54) is 41.8 Å². The van der Waals surface area contributed by atoms with Gasteiger partial charge in [-0.1, -0.05) is 39.0 Å². The van der Waals surface area contributed by atoms with Crippen molar-refractivity contribution in [2.75, 3.05) is 25.2 Å². The molecule has 4 aromatic carbocycles. The van der Waals surface area contributed by atoms with Crippen LogP contribution < -0.4 is 19.1 Å². The molecular weight excluding hydrogens is 586 g/mol. The monoisotopic (exact) mass is 621 g/mol. The van der Waals surface area contributed by atoms with E-state index in [1.54, 1.807) is 48.5 Å². The normalized spacial score (nSPS) is 14.5. The molecule has 46 heavy (non-hydrogen) atoms. The highest BCUT2D eigenvalue weighted by Crippen LogP contribution is 2.30. The van der Waals surface area contributed by atoms with Crippen LogP contribution in [0.2, 0.25) is 0 Å². The third-order valence-corrected chi connectivity index (χ3v) is 7.60. The van der Waals surface area contributed by atoms with Crippen LogP contribution in [0, 0.1) is 5.92 Å². The third kappa shape index (κ3) is 7.79. The quantitative estimate of drug-likeness (QED) is 0.108. The van der Waals surface area contributed by atoms with Gasteiger partial charge < -0.3 is 23.8 Å². The van der Waals surface area contributed by atoms with Crippen molar-refractivity contribution in [1.29, 1.82) is 0 Å². The van der Waals surface area contributed by atoms with E-state index in [1.807, 2.05) is 24.3 Å². The lowest BCUT2D eigenvalue weighted by atomic mass is 9.87. The molecule has 0 N–H and O–H groups in total. The Kier molecular flexibility index (Phi) is 9.51. The number of esters is 2. The number of Topliss-reactive ketones (excluding diaryl/α,β-unsaturated/α-hetero) is 1. The molecule has 236 valence electrons. The molecular formula is C37H35NO8. The van der Waals surface area contributed by atoms with Crippen LogP contribution >= 0.6 is 0 Å². The molecule has 9 heteroatoms. The second kappa shape index (κ2) is 13.7. The number of hydrogen-bond acceptors (Lipinski definition) is 8. The molecule has 1 atom stereocenters. The van der Waals surface area contributed by atoms with Crippen molar-refractivity contribution in [2.24, 2.45) is 5.92 Å². The van der Waals surface area contributed by atoms with Gasteiger partial charge in [0, 0.05) is 24.2 Å². The van der Waals surface area contributed by atoms with Crippen LogP contribution in [0.3, 0.4) is 0 Å². The van der Waals surface area contributed by atoms with Gasteiger partial charge in [-0.2, -0.15) is 0 Å². The SMILES string of the molecule is COc1cccc(C(=O)Oc2ccc(C(=O)COC(=O)[C@H]3CC(=O)N(c4ccc(Oc5ccc(C(C)(C)C)cc5)cc4)C3)cc2)c1. The van der Waals surface area contributed by atoms with Crippen LogP contribution in [-0.2, 0) is 19.7 Å². The molecule has 1 fully saturated rings. The first-order valence-corrected chi connectivity index (χ1v) is 14.8. The van der Waals surface area contributed by atoms with E-state index in [0.717, 1.165) is 0 Å². The number of amides is 1. The van der Waals surface area contributed by atoms with Crippen LogP contribution in [0.5, 0.6) is 23.0 Å². The Morgan fingerprint density at radius 3 is 2.04 bits per heavy atom. The van der Waals surface area contributed by atoms with Crippen molar-refractivity contribution in [3.63, 3.8) is 0 Å². The maximum atomic E-state index is 12.8. The lowest BCUT2D eigenvalue weighted by Crippen LogP contribution is -2.27. The van der Waals surface area contributed by atoms with E-state index in [9.17, 15) is 19.2 Å². The lowest BCUT2D eigenvalue weighted by molar-refractivity contribution is -0.147. The Morgan fingerprint density at radius 2 is 1.41 bits per heavy atom. The summed E-state index contributed by atoms with van der Waals surface area (Å²) < 4.78 is 21.7. The van der Waals surface area contributed by atoms with Gasteiger partial charge in [0.2, 0.25) is 5.91 Å². The molecule has 5 rings (SSSR count). The van der Waals surface area contributed by atoms with Crippen molar-refractivity contribution in [3.8, 4) is 23.0 Å². The van der Waals surface area contributed by atoms with Crippen molar-refractivity contribution in [1.82, 2.24) is 0 Å². The molecule has 0 unspecified atom stereocenters. The van der Waals surface area contributed by atoms with Crippen LogP contribution in [0.1, 0.15) is 53.5 Å². The number of benzene rings is 4. The zero-order chi connectivity index (χ0) is 32.8. The first-order chi connectivity index (χ1) is 22.0. The zero-order valence-electron chi connectivity index (χ0n) is 26.1. The van der Waals surface area contributed by atoms with E-state index in [-0.39, 0.29) is 35.6 Å². The third-order valence-electron chi connectivity index (χ3n) is 7.60. The fraction of sp³-hybridized carbons (Fsp3) is 0.243. The fourth-order valence-electron chi connectivity index (χ4n) is 4.93. The minimum Gasteiger partial charge on any atom is -0.497 e. The molecule has 9 nitrogen and oxygen atoms in total. The van der Waals surface area contributed by atoms with E-state index in [4.69, 9.17) is 18.9 Å². The number of carbonyl (C=O) groups is 4. The van der Waals surface area contributed by atoms with Crippen LogP contribution in [0.15, 0.2) is 97.1 Å². The molecule has 0 aliphatic carbocycles. The first-order valence-electron chi connectivity index (χ1n) is 14.8. The number of hydrogen-bond donors (Lipinski definition) is 0. The Morgan fingerprint density at radius 1 is 0.783 bits per heavy atom. The minimum atomic E-state index is -0.698. The molecule has 0 radical (unpaired) electrons. The average Bonchev–Trinajstić information content (AvgIpc) is 3.45. The highest BCUT2D eigenvalue weighted by Gasteiger charge is 2.36. The number of carbonyl (C=O) groups excluding carboxylic acids is 4. The largest absolute Gasteiger partial charge is 0.497 e. The smallest absolute Gasteiger partial charge is 0.343 e. The van der Waals surface area contributed by atoms with E-state index in [0.29, 0.717) is 28.5 Å². The summed E-state index contributed by atoms with van der Waals surface area (Å²) in [6.45, 7) is 6.13. The molecule has 4 aromatic rings. The summed E-state index contributed by atoms with van der Waals surface area (Å²) in [6, 6.07) is 27.5. The summed E-state index contributed by atoms with van der Waals surface area (Å²) in [5.41, 5.74) is 2.50. The number of nitrogens with zero attached hydrogens (tertiary/aromatic N) is 1. The van der Waals surface area contributed by atoms with Crippen molar-refractivity contribution in [3.05, 3.63) is 114 Å². The van der Waals surface area contributed by atoms with Gasteiger partial charge in [-0.25, -0.2) is 4.79 Å². The van der Waals surface area contributed by atoms with E-state index >= 15 is 0 Å². The van der Waals surface area contributed by atoms with Gasteiger partial charge in [-0.3, -0.25) is 14.4 Å². The molecule has 0 bridgehead atoms. The van der Waals surface area contributed by atoms with Crippen molar-refractivity contribution < 1.29 is 38.1 Å². The average molecular weight is 622 g/mol. The molecule has 1 amide bonds. The lowest BCUT2D eigenvalue weighted by Gasteiger charge is -2.19. The standard InChI is InChI=1S/C37H35NO8/c1-37(2,3)27-10-16-29(17-11-27)45-30-18-12-28(13-19-30)38-22-26(21-34(38)40)35(41)44-23-33(39)24-8-14-31(15-9-24)46-36(42)25-6-5-7-32(20-25)43-4/h5-20,26H,21-23H2,1-4H3/t26-/m0/s1. The fourth-order valence-corrected chi connectivity index (χ4v) is 4.93. The number of ketones is 1. The molecule has 0 aromatic heterocycles. The number of ether oxygens (including phenoxy) is 4. The maximum absolute atomic E-state index is 12.8. The summed E-state index contributed by atoms with van der Waals surface area (Å²) in [6.07, 6.45) is -0.0151. The van der Waals surface area contributed by atoms with Crippen LogP contribution in [0.25, 0.3) is 0 Å². The molecule has 1 aliphatic heterocycles. The predicted molar refractivity (Wildman–Crippen MR) is 172 cm³/mol. The van der Waals surface area contributed by atoms with Crippen molar-refractivity contribution in [2.45, 2.75) is 32.6 Å². The number of methoxy groups -OCH3 is 1. The van der Waals surface area contributed by atoms with Gasteiger partial charge in [0.15, 0.2) is 12.4 Å². The Bertz CT molecular complexity index is 1720. The van der Waals surface area contributed by atoms with Gasteiger partial charge in [0.1, 0.15) is 23.0 Å². The number of rotatable bonds is 10. The summed E-state index contributed by atoms with van der Waals surface area (Å²) >= 11 is 0. The van der Waals surface area contributed by atoms with Gasteiger partial charge in [-0.15, -0.1) is 0 Å². The summed E-state index contributed by atoms with van der Waals surface area (Å²) in [7, 11) is 1.50. The van der Waals surface area contributed by atoms with Crippen LogP contribution in [-0.4, -0.2) is 43.9 Å². The Balaban J connectivity index is 1.10. The highest BCUT2D eigenvalue weighted by atomic mass is 16.5. The highest BCUT2D eigenvalue weighted by molar-refractivity contribution is 6.01. The molecule has 1 saturated heterocycles. The van der Waals surface area contributed by atoms with E-state index < -0.39 is 30.2 Å². The van der Waals surface area contributed by atoms with Gasteiger partial charge >= 0.3 is 11.9 Å². The molecule has 1 aliphatic rings. The summed E-state index contributed by atoms with van der Waals surface area (Å²) in [5, 5.41) is 0. The van der Waals surface area contributed by atoms with Crippen molar-refractivity contribution >= 4 is 29.3 Å². The maximum Gasteiger partial charge on any atom is 0.343 e. The Hall–Kier alpha value is -5.44. The second-order valence-corrected chi connectivity index (χ2v) is 12.0. The Labute approximate surface area is 267 Å². The number of anilines is 1. The summed E-state index contributed by atoms with van der Waals surface area (Å²) in [5.74, 6) is -0.419. The van der Waals surface area contributed by atoms with E-state index in [2.05, 4.69) is 20.8 Å². The summed E-state index contributed by atoms with van der Waals surface area (Å²) in [4.78, 5) is 52.1. The van der Waals surface area contributed by atoms with Crippen LogP contribution in [0.4, 0.5) is 5.69 Å². The molecule has 1 heterocycles. The predicted octanol–water partition coefficient (Wildman–Crippen LogP) is 6.78. The van der Waals surface area contributed by atoms with Gasteiger partial charge in [0.25, 0.3) is 0 Å². The zero-order valence-corrected chi connectivity index (χ0v) is 26.1. The topological polar surface area (TPSA) is 108 Å². The minimum absolute atomic E-state index is 0.0151. The van der Waals surface area contributed by atoms with Gasteiger partial charge in [0.05, 0.1) is 18.6 Å².